The Hall–Kier alpha value is -2.80. The van der Waals surface area contributed by atoms with Crippen LogP contribution in [0.2, 0.25) is 0 Å². The van der Waals surface area contributed by atoms with E-state index >= 15 is 0 Å². The van der Waals surface area contributed by atoms with Crippen LogP contribution >= 0.6 is 11.3 Å². The maximum Gasteiger partial charge on any atom is 0.322 e. The second-order valence-corrected chi connectivity index (χ2v) is 6.57. The third-order valence-electron chi connectivity index (χ3n) is 4.11. The summed E-state index contributed by atoms with van der Waals surface area (Å²) in [4.78, 5) is 26.7. The molecule has 6 nitrogen and oxygen atoms in total. The molecule has 2 amide bonds. The average Bonchev–Trinajstić information content (AvgIpc) is 3.23. The highest BCUT2D eigenvalue weighted by atomic mass is 32.1. The minimum absolute atomic E-state index is 0.0928. The van der Waals surface area contributed by atoms with E-state index in [0.717, 1.165) is 16.4 Å². The molecule has 0 radical (unpaired) electrons. The van der Waals surface area contributed by atoms with Gasteiger partial charge in [-0.15, -0.1) is 11.3 Å². The summed E-state index contributed by atoms with van der Waals surface area (Å²) >= 11 is 1.47. The van der Waals surface area contributed by atoms with Gasteiger partial charge in [-0.05, 0) is 29.6 Å². The molecule has 1 aromatic carbocycles. The number of carbonyl (C=O) groups is 1. The molecular formula is C17H16N4O2S. The summed E-state index contributed by atoms with van der Waals surface area (Å²) in [5.41, 5.74) is 2.27. The van der Waals surface area contributed by atoms with Gasteiger partial charge in [0.1, 0.15) is 0 Å². The van der Waals surface area contributed by atoms with Gasteiger partial charge in [0.2, 0.25) is 0 Å². The van der Waals surface area contributed by atoms with Crippen molar-refractivity contribution in [1.82, 2.24) is 14.7 Å². The molecule has 24 heavy (non-hydrogen) atoms. The largest absolute Gasteiger partial charge is 0.322 e. The smallest absolute Gasteiger partial charge is 0.320 e. The van der Waals surface area contributed by atoms with Gasteiger partial charge in [-0.1, -0.05) is 18.2 Å². The molecule has 0 atom stereocenters. The second kappa shape index (κ2) is 6.01. The summed E-state index contributed by atoms with van der Waals surface area (Å²) in [5, 5.41) is 8.76. The van der Waals surface area contributed by atoms with E-state index in [1.165, 1.54) is 11.3 Å². The summed E-state index contributed by atoms with van der Waals surface area (Å²) in [7, 11) is 0. The number of thiophene rings is 1. The number of H-pyrrole nitrogens is 1. The second-order valence-electron chi connectivity index (χ2n) is 5.62. The fourth-order valence-corrected chi connectivity index (χ4v) is 3.48. The van der Waals surface area contributed by atoms with E-state index in [1.807, 2.05) is 47.8 Å². The van der Waals surface area contributed by atoms with Crippen LogP contribution in [-0.4, -0.2) is 27.3 Å². The van der Waals surface area contributed by atoms with Crippen molar-refractivity contribution in [3.8, 4) is 5.69 Å². The Labute approximate surface area is 142 Å². The number of urea groups is 1. The van der Waals surface area contributed by atoms with Crippen LogP contribution in [0.15, 0.2) is 52.6 Å². The highest BCUT2D eigenvalue weighted by molar-refractivity contribution is 7.14. The third kappa shape index (κ3) is 2.63. The van der Waals surface area contributed by atoms with Gasteiger partial charge in [0, 0.05) is 18.7 Å². The first-order valence-electron chi connectivity index (χ1n) is 7.70. The summed E-state index contributed by atoms with van der Waals surface area (Å²) in [6, 6.07) is 13.0. The van der Waals surface area contributed by atoms with Crippen molar-refractivity contribution in [3.63, 3.8) is 0 Å². The van der Waals surface area contributed by atoms with Crippen molar-refractivity contribution in [2.75, 3.05) is 11.9 Å². The van der Waals surface area contributed by atoms with Gasteiger partial charge >= 0.3 is 6.03 Å². The number of benzene rings is 1. The molecule has 1 aliphatic heterocycles. The number of hydrogen-bond donors (Lipinski definition) is 2. The van der Waals surface area contributed by atoms with Crippen molar-refractivity contribution < 1.29 is 4.79 Å². The molecule has 2 aromatic heterocycles. The Bertz CT molecular complexity index is 912. The normalized spacial score (nSPS) is 13.6. The van der Waals surface area contributed by atoms with Gasteiger partial charge in [0.15, 0.2) is 0 Å². The number of aromatic amines is 1. The number of fused-ring (bicyclic) bond motifs is 1. The number of nitrogens with zero attached hydrogens (tertiary/aromatic N) is 2. The van der Waals surface area contributed by atoms with E-state index in [9.17, 15) is 9.59 Å². The Morgan fingerprint density at radius 2 is 2.00 bits per heavy atom. The molecule has 3 aromatic rings. The van der Waals surface area contributed by atoms with Gasteiger partial charge in [-0.25, -0.2) is 9.48 Å². The van der Waals surface area contributed by atoms with E-state index in [4.69, 9.17) is 0 Å². The zero-order chi connectivity index (χ0) is 16.5. The molecule has 122 valence electrons. The van der Waals surface area contributed by atoms with Gasteiger partial charge in [0.05, 0.1) is 22.8 Å². The minimum Gasteiger partial charge on any atom is -0.320 e. The summed E-state index contributed by atoms with van der Waals surface area (Å²) in [6.07, 6.45) is 0.641. The Morgan fingerprint density at radius 1 is 1.17 bits per heavy atom. The molecule has 7 heteroatoms. The molecule has 0 saturated carbocycles. The van der Waals surface area contributed by atoms with Gasteiger partial charge in [0.25, 0.3) is 5.56 Å². The molecule has 0 unspecified atom stereocenters. The molecule has 0 aliphatic carbocycles. The highest BCUT2D eigenvalue weighted by Gasteiger charge is 2.26. The number of nitrogens with one attached hydrogen (secondary N) is 2. The van der Waals surface area contributed by atoms with Crippen LogP contribution in [0, 0.1) is 0 Å². The highest BCUT2D eigenvalue weighted by Crippen LogP contribution is 2.19. The lowest BCUT2D eigenvalue weighted by Gasteiger charge is -2.25. The van der Waals surface area contributed by atoms with Crippen LogP contribution in [0.5, 0.6) is 0 Å². The Morgan fingerprint density at radius 3 is 2.75 bits per heavy atom. The van der Waals surface area contributed by atoms with Crippen LogP contribution in [-0.2, 0) is 13.0 Å². The molecule has 2 N–H and O–H groups in total. The van der Waals surface area contributed by atoms with E-state index < -0.39 is 0 Å². The van der Waals surface area contributed by atoms with E-state index in [-0.39, 0.29) is 11.6 Å². The number of carbonyl (C=O) groups excluding carboxylic acids is 1. The molecule has 0 spiro atoms. The van der Waals surface area contributed by atoms with Crippen molar-refractivity contribution in [1.29, 1.82) is 0 Å². The first-order valence-corrected chi connectivity index (χ1v) is 8.58. The summed E-state index contributed by atoms with van der Waals surface area (Å²) in [6.45, 7) is 0.903. The lowest BCUT2D eigenvalue weighted by molar-refractivity contribution is 0.206. The first-order chi connectivity index (χ1) is 11.7. The zero-order valence-corrected chi connectivity index (χ0v) is 13.7. The zero-order valence-electron chi connectivity index (χ0n) is 12.9. The minimum atomic E-state index is -0.171. The summed E-state index contributed by atoms with van der Waals surface area (Å²) in [5.74, 6) is 0. The predicted octanol–water partition coefficient (Wildman–Crippen LogP) is 2.82. The van der Waals surface area contributed by atoms with Crippen LogP contribution in [0.3, 0.4) is 0 Å². The molecule has 1 aliphatic rings. The first kappa shape index (κ1) is 14.8. The fourth-order valence-electron chi connectivity index (χ4n) is 2.87. The molecule has 4 rings (SSSR count). The number of para-hydroxylation sites is 1. The van der Waals surface area contributed by atoms with Crippen molar-refractivity contribution in [3.05, 3.63) is 69.5 Å². The van der Waals surface area contributed by atoms with E-state index in [2.05, 4.69) is 10.4 Å². The monoisotopic (exact) mass is 340 g/mol. The van der Waals surface area contributed by atoms with Crippen LogP contribution in [0.4, 0.5) is 9.80 Å². The number of rotatable bonds is 2. The van der Waals surface area contributed by atoms with Gasteiger partial charge < -0.3 is 4.90 Å². The van der Waals surface area contributed by atoms with Crippen molar-refractivity contribution in [2.24, 2.45) is 0 Å². The molecular weight excluding hydrogens is 324 g/mol. The van der Waals surface area contributed by atoms with E-state index in [1.54, 1.807) is 9.58 Å². The number of anilines is 1. The molecule has 0 saturated heterocycles. The third-order valence-corrected chi connectivity index (χ3v) is 4.89. The lowest BCUT2D eigenvalue weighted by atomic mass is 10.1. The fraction of sp³-hybridized carbons (Fsp3) is 0.176. The Kier molecular flexibility index (Phi) is 3.70. The number of aromatic nitrogens is 2. The van der Waals surface area contributed by atoms with E-state index in [0.29, 0.717) is 25.1 Å². The topological polar surface area (TPSA) is 70.1 Å². The van der Waals surface area contributed by atoms with Crippen LogP contribution in [0.25, 0.3) is 5.69 Å². The SMILES string of the molecule is O=C(Nc1cccs1)N1CCc2[nH]n(-c3ccccc3)c(=O)c2C1. The van der Waals surface area contributed by atoms with Crippen LogP contribution in [0.1, 0.15) is 11.3 Å². The maximum atomic E-state index is 12.7. The molecule has 0 bridgehead atoms. The lowest BCUT2D eigenvalue weighted by Crippen LogP contribution is -2.40. The summed E-state index contributed by atoms with van der Waals surface area (Å²) < 4.78 is 1.55. The standard InChI is InChI=1S/C17H16N4O2S/c22-16-13-11-20(17(23)18-15-7-4-10-24-15)9-8-14(13)19-21(16)12-5-2-1-3-6-12/h1-7,10,19H,8-9,11H2,(H,18,23). The predicted molar refractivity (Wildman–Crippen MR) is 93.8 cm³/mol. The van der Waals surface area contributed by atoms with Gasteiger partial charge in [-0.2, -0.15) is 0 Å². The molecule has 0 fully saturated rings. The quantitative estimate of drug-likeness (QED) is 0.753. The number of hydrogen-bond acceptors (Lipinski definition) is 3. The maximum absolute atomic E-state index is 12.7. The van der Waals surface area contributed by atoms with Gasteiger partial charge in [-0.3, -0.25) is 15.2 Å². The van der Waals surface area contributed by atoms with Crippen LogP contribution < -0.4 is 10.9 Å². The number of amides is 2. The average molecular weight is 340 g/mol. The molecule has 3 heterocycles. The van der Waals surface area contributed by atoms with Crippen molar-refractivity contribution >= 4 is 22.4 Å². The Balaban J connectivity index is 1.58. The van der Waals surface area contributed by atoms with Crippen molar-refractivity contribution in [2.45, 2.75) is 13.0 Å².